The molecule has 0 spiro atoms. The van der Waals surface area contributed by atoms with Crippen LogP contribution in [0.15, 0.2) is 51.8 Å². The molecule has 0 amide bonds. The van der Waals surface area contributed by atoms with E-state index in [4.69, 9.17) is 11.6 Å². The van der Waals surface area contributed by atoms with E-state index in [1.165, 1.54) is 10.5 Å². The first kappa shape index (κ1) is 13.8. The van der Waals surface area contributed by atoms with Gasteiger partial charge in [0.2, 0.25) is 0 Å². The smallest absolute Gasteiger partial charge is 0.0548 e. The minimum Gasteiger partial charge on any atom is -0.381 e. The standard InChI is InChI=1S/C14H13BrClNS/c1-18-12-4-2-3-11(8-12)17-9-10-5-6-14(16)13(15)7-10/h2-8,17H,9H2,1H3. The maximum absolute atomic E-state index is 5.97. The third-order valence-electron chi connectivity index (χ3n) is 2.55. The summed E-state index contributed by atoms with van der Waals surface area (Å²) in [6, 6.07) is 14.4. The highest BCUT2D eigenvalue weighted by Crippen LogP contribution is 2.24. The summed E-state index contributed by atoms with van der Waals surface area (Å²) in [7, 11) is 0. The molecule has 0 fully saturated rings. The number of hydrogen-bond acceptors (Lipinski definition) is 2. The van der Waals surface area contributed by atoms with E-state index in [1.807, 2.05) is 18.2 Å². The molecule has 2 aromatic carbocycles. The number of nitrogens with one attached hydrogen (secondary N) is 1. The van der Waals surface area contributed by atoms with Gasteiger partial charge in [-0.3, -0.25) is 0 Å². The number of thioether (sulfide) groups is 1. The summed E-state index contributed by atoms with van der Waals surface area (Å²) in [5.41, 5.74) is 2.33. The second-order valence-electron chi connectivity index (χ2n) is 3.83. The third-order valence-corrected chi connectivity index (χ3v) is 4.49. The van der Waals surface area contributed by atoms with E-state index in [2.05, 4.69) is 51.8 Å². The Morgan fingerprint density at radius 1 is 1.22 bits per heavy atom. The fourth-order valence-corrected chi connectivity index (χ4v) is 2.59. The Balaban J connectivity index is 2.04. The van der Waals surface area contributed by atoms with Crippen LogP contribution in [0.25, 0.3) is 0 Å². The molecule has 0 bridgehead atoms. The number of halogens is 2. The average molecular weight is 343 g/mol. The Hall–Kier alpha value is -0.640. The molecule has 94 valence electrons. The molecule has 0 atom stereocenters. The summed E-state index contributed by atoms with van der Waals surface area (Å²) in [5, 5.41) is 4.14. The fraction of sp³-hybridized carbons (Fsp3) is 0.143. The van der Waals surface area contributed by atoms with Gasteiger partial charge in [-0.2, -0.15) is 0 Å². The number of hydrogen-bond donors (Lipinski definition) is 1. The van der Waals surface area contributed by atoms with Gasteiger partial charge in [-0.05, 0) is 58.1 Å². The lowest BCUT2D eigenvalue weighted by Crippen LogP contribution is -1.99. The normalized spacial score (nSPS) is 10.4. The second-order valence-corrected chi connectivity index (χ2v) is 5.98. The molecule has 0 unspecified atom stereocenters. The Morgan fingerprint density at radius 2 is 2.06 bits per heavy atom. The van der Waals surface area contributed by atoms with E-state index in [9.17, 15) is 0 Å². The van der Waals surface area contributed by atoms with Gasteiger partial charge in [0.05, 0.1) is 5.02 Å². The van der Waals surface area contributed by atoms with E-state index in [-0.39, 0.29) is 0 Å². The molecular formula is C14H13BrClNS. The minimum absolute atomic E-state index is 0.739. The molecule has 0 aromatic heterocycles. The van der Waals surface area contributed by atoms with Crippen molar-refractivity contribution < 1.29 is 0 Å². The molecule has 2 aromatic rings. The molecule has 0 aliphatic heterocycles. The van der Waals surface area contributed by atoms with Crippen molar-refractivity contribution in [2.45, 2.75) is 11.4 Å². The molecule has 4 heteroatoms. The van der Waals surface area contributed by atoms with Gasteiger partial charge >= 0.3 is 0 Å². The quantitative estimate of drug-likeness (QED) is 0.743. The van der Waals surface area contributed by atoms with Gasteiger partial charge < -0.3 is 5.32 Å². The molecule has 1 nitrogen and oxygen atoms in total. The van der Waals surface area contributed by atoms with Crippen molar-refractivity contribution in [3.05, 3.63) is 57.5 Å². The molecule has 1 N–H and O–H groups in total. The molecule has 0 heterocycles. The summed E-state index contributed by atoms with van der Waals surface area (Å²) in [6.45, 7) is 0.785. The minimum atomic E-state index is 0.739. The molecular weight excluding hydrogens is 330 g/mol. The molecule has 2 rings (SSSR count). The number of rotatable bonds is 4. The second kappa shape index (κ2) is 6.50. The van der Waals surface area contributed by atoms with Gasteiger partial charge in [0.25, 0.3) is 0 Å². The summed E-state index contributed by atoms with van der Waals surface area (Å²) in [5.74, 6) is 0. The van der Waals surface area contributed by atoms with Crippen LogP contribution in [0.1, 0.15) is 5.56 Å². The first-order chi connectivity index (χ1) is 8.69. The molecule has 0 aliphatic carbocycles. The number of anilines is 1. The van der Waals surface area contributed by atoms with Gasteiger partial charge in [0.15, 0.2) is 0 Å². The topological polar surface area (TPSA) is 12.0 Å². The fourth-order valence-electron chi connectivity index (χ4n) is 1.59. The highest BCUT2D eigenvalue weighted by molar-refractivity contribution is 9.10. The van der Waals surface area contributed by atoms with Crippen molar-refractivity contribution in [2.24, 2.45) is 0 Å². The van der Waals surface area contributed by atoms with Crippen molar-refractivity contribution >= 4 is 45.0 Å². The first-order valence-corrected chi connectivity index (χ1v) is 7.90. The van der Waals surface area contributed by atoms with Crippen molar-refractivity contribution in [1.82, 2.24) is 0 Å². The van der Waals surface area contributed by atoms with Crippen molar-refractivity contribution in [1.29, 1.82) is 0 Å². The van der Waals surface area contributed by atoms with E-state index >= 15 is 0 Å². The molecule has 18 heavy (non-hydrogen) atoms. The zero-order chi connectivity index (χ0) is 13.0. The van der Waals surface area contributed by atoms with E-state index < -0.39 is 0 Å². The zero-order valence-corrected chi connectivity index (χ0v) is 13.1. The van der Waals surface area contributed by atoms with Crippen LogP contribution in [0.3, 0.4) is 0 Å². The number of benzene rings is 2. The van der Waals surface area contributed by atoms with Crippen LogP contribution in [0.5, 0.6) is 0 Å². The summed E-state index contributed by atoms with van der Waals surface area (Å²) < 4.78 is 0.932. The summed E-state index contributed by atoms with van der Waals surface area (Å²) in [6.07, 6.45) is 2.08. The van der Waals surface area contributed by atoms with Crippen molar-refractivity contribution in [3.63, 3.8) is 0 Å². The van der Waals surface area contributed by atoms with Crippen LogP contribution in [-0.4, -0.2) is 6.26 Å². The summed E-state index contributed by atoms with van der Waals surface area (Å²) in [4.78, 5) is 1.26. The van der Waals surface area contributed by atoms with Crippen LogP contribution in [0, 0.1) is 0 Å². The molecule has 0 aliphatic rings. The predicted molar refractivity (Wildman–Crippen MR) is 84.7 cm³/mol. The Kier molecular flexibility index (Phi) is 4.98. The third kappa shape index (κ3) is 3.67. The van der Waals surface area contributed by atoms with Crippen LogP contribution in [-0.2, 0) is 6.54 Å². The van der Waals surface area contributed by atoms with Gasteiger partial charge in [0, 0.05) is 21.6 Å². The monoisotopic (exact) mass is 341 g/mol. The maximum atomic E-state index is 5.97. The van der Waals surface area contributed by atoms with Gasteiger partial charge in [-0.25, -0.2) is 0 Å². The average Bonchev–Trinajstić information content (AvgIpc) is 2.40. The highest BCUT2D eigenvalue weighted by Gasteiger charge is 2.00. The van der Waals surface area contributed by atoms with E-state index in [1.54, 1.807) is 11.8 Å². The lowest BCUT2D eigenvalue weighted by molar-refractivity contribution is 1.14. The summed E-state index contributed by atoms with van der Waals surface area (Å²) >= 11 is 11.1. The SMILES string of the molecule is CSc1cccc(NCc2ccc(Cl)c(Br)c2)c1. The van der Waals surface area contributed by atoms with Gasteiger partial charge in [0.1, 0.15) is 0 Å². The van der Waals surface area contributed by atoms with Crippen molar-refractivity contribution in [2.75, 3.05) is 11.6 Å². The van der Waals surface area contributed by atoms with Gasteiger partial charge in [-0.1, -0.05) is 23.7 Å². The first-order valence-electron chi connectivity index (χ1n) is 5.51. The largest absolute Gasteiger partial charge is 0.381 e. The Morgan fingerprint density at radius 3 is 2.78 bits per heavy atom. The van der Waals surface area contributed by atoms with Crippen LogP contribution >= 0.6 is 39.3 Å². The maximum Gasteiger partial charge on any atom is 0.0548 e. The van der Waals surface area contributed by atoms with Crippen LogP contribution in [0.2, 0.25) is 5.02 Å². The van der Waals surface area contributed by atoms with Crippen molar-refractivity contribution in [3.8, 4) is 0 Å². The highest BCUT2D eigenvalue weighted by atomic mass is 79.9. The van der Waals surface area contributed by atoms with Gasteiger partial charge in [-0.15, -0.1) is 11.8 Å². The van der Waals surface area contributed by atoms with Crippen LogP contribution < -0.4 is 5.32 Å². The molecule has 0 saturated heterocycles. The lowest BCUT2D eigenvalue weighted by Gasteiger charge is -2.08. The molecule has 0 radical (unpaired) electrons. The lowest BCUT2D eigenvalue weighted by atomic mass is 10.2. The van der Waals surface area contributed by atoms with E-state index in [0.717, 1.165) is 21.7 Å². The van der Waals surface area contributed by atoms with Crippen LogP contribution in [0.4, 0.5) is 5.69 Å². The predicted octanol–water partition coefficient (Wildman–Crippen LogP) is 5.44. The zero-order valence-electron chi connectivity index (χ0n) is 9.91. The molecule has 0 saturated carbocycles. The Labute approximate surface area is 125 Å². The Bertz CT molecular complexity index is 545. The van der Waals surface area contributed by atoms with E-state index in [0.29, 0.717) is 0 Å².